The number of carbonyl (C=O) groups is 1. The molecule has 2 aliphatic rings. The first-order valence-corrected chi connectivity index (χ1v) is 6.30. The molecule has 0 unspecified atom stereocenters. The van der Waals surface area contributed by atoms with Gasteiger partial charge >= 0.3 is 0 Å². The lowest BCUT2D eigenvalue weighted by atomic mass is 9.69. The van der Waals surface area contributed by atoms with E-state index in [1.165, 1.54) is 12.8 Å². The standard InChI is InChI=1S/C12H20ClNO/c1-11(2)8-4-5-12(11,3)9(6-8)14-10(15)7-13/h8-9H,4-7H2,1-3H3,(H,14,15)/t8-,9+,12+/m1/s1. The molecule has 3 heteroatoms. The van der Waals surface area contributed by atoms with Crippen LogP contribution in [0.2, 0.25) is 0 Å². The lowest BCUT2D eigenvalue weighted by Crippen LogP contribution is -2.47. The number of halogens is 1. The zero-order valence-corrected chi connectivity index (χ0v) is 10.5. The summed E-state index contributed by atoms with van der Waals surface area (Å²) in [5, 5.41) is 3.09. The molecule has 2 saturated carbocycles. The Morgan fingerprint density at radius 1 is 1.47 bits per heavy atom. The predicted octanol–water partition coefficient (Wildman–Crippen LogP) is 2.56. The molecule has 1 N–H and O–H groups in total. The molecular formula is C12H20ClNO. The SMILES string of the molecule is CC1(C)[C@@H]2CC[C@@]1(C)[C@@H](NC(=O)CCl)C2. The molecule has 2 nitrogen and oxygen atoms in total. The number of alkyl halides is 1. The van der Waals surface area contributed by atoms with Gasteiger partial charge in [0.2, 0.25) is 5.91 Å². The monoisotopic (exact) mass is 229 g/mol. The largest absolute Gasteiger partial charge is 0.352 e. The highest BCUT2D eigenvalue weighted by Crippen LogP contribution is 2.65. The Hall–Kier alpha value is -0.240. The summed E-state index contributed by atoms with van der Waals surface area (Å²) in [6.45, 7) is 7.01. The molecule has 2 rings (SSSR count). The van der Waals surface area contributed by atoms with Crippen molar-refractivity contribution in [3.8, 4) is 0 Å². The molecule has 0 heterocycles. The highest BCUT2D eigenvalue weighted by molar-refractivity contribution is 6.27. The number of fused-ring (bicyclic) bond motifs is 2. The summed E-state index contributed by atoms with van der Waals surface area (Å²) in [5.41, 5.74) is 0.622. The van der Waals surface area contributed by atoms with Crippen molar-refractivity contribution < 1.29 is 4.79 Å². The quantitative estimate of drug-likeness (QED) is 0.725. The zero-order chi connectivity index (χ0) is 11.3. The zero-order valence-electron chi connectivity index (χ0n) is 9.77. The summed E-state index contributed by atoms with van der Waals surface area (Å²) in [6.07, 6.45) is 3.68. The van der Waals surface area contributed by atoms with E-state index in [0.717, 1.165) is 12.3 Å². The third kappa shape index (κ3) is 1.41. The van der Waals surface area contributed by atoms with Crippen molar-refractivity contribution in [1.29, 1.82) is 0 Å². The smallest absolute Gasteiger partial charge is 0.235 e. The van der Waals surface area contributed by atoms with E-state index in [1.54, 1.807) is 0 Å². The van der Waals surface area contributed by atoms with Crippen molar-refractivity contribution in [3.63, 3.8) is 0 Å². The maximum atomic E-state index is 11.4. The van der Waals surface area contributed by atoms with Crippen LogP contribution in [0, 0.1) is 16.7 Å². The van der Waals surface area contributed by atoms with Gasteiger partial charge in [-0.25, -0.2) is 0 Å². The Kier molecular flexibility index (Phi) is 2.53. The Balaban J connectivity index is 2.15. The van der Waals surface area contributed by atoms with Crippen LogP contribution >= 0.6 is 11.6 Å². The summed E-state index contributed by atoms with van der Waals surface area (Å²) in [7, 11) is 0. The van der Waals surface area contributed by atoms with Gasteiger partial charge < -0.3 is 5.32 Å². The van der Waals surface area contributed by atoms with Crippen molar-refractivity contribution in [2.45, 2.75) is 46.1 Å². The van der Waals surface area contributed by atoms with Gasteiger partial charge in [-0.3, -0.25) is 4.79 Å². The molecule has 0 aromatic rings. The van der Waals surface area contributed by atoms with E-state index in [4.69, 9.17) is 11.6 Å². The lowest BCUT2D eigenvalue weighted by molar-refractivity contribution is -0.120. The fourth-order valence-corrected chi connectivity index (χ4v) is 3.73. The van der Waals surface area contributed by atoms with Gasteiger partial charge in [0.1, 0.15) is 5.88 Å². The summed E-state index contributed by atoms with van der Waals surface area (Å²) in [4.78, 5) is 11.4. The van der Waals surface area contributed by atoms with Crippen molar-refractivity contribution in [1.82, 2.24) is 5.32 Å². The number of amides is 1. The first-order chi connectivity index (χ1) is 6.91. The van der Waals surface area contributed by atoms with Crippen LogP contribution < -0.4 is 5.32 Å². The van der Waals surface area contributed by atoms with Crippen LogP contribution in [0.4, 0.5) is 0 Å². The van der Waals surface area contributed by atoms with Crippen LogP contribution in [0.1, 0.15) is 40.0 Å². The molecule has 1 amide bonds. The van der Waals surface area contributed by atoms with Gasteiger partial charge in [0, 0.05) is 6.04 Å². The summed E-state index contributed by atoms with van der Waals surface area (Å²) in [6, 6.07) is 0.331. The highest BCUT2D eigenvalue weighted by atomic mass is 35.5. The van der Waals surface area contributed by atoms with E-state index in [9.17, 15) is 4.79 Å². The van der Waals surface area contributed by atoms with Crippen LogP contribution in [0.15, 0.2) is 0 Å². The fraction of sp³-hybridized carbons (Fsp3) is 0.917. The molecule has 86 valence electrons. The lowest BCUT2D eigenvalue weighted by Gasteiger charge is -2.39. The third-order valence-electron chi connectivity index (χ3n) is 5.25. The van der Waals surface area contributed by atoms with Gasteiger partial charge in [0.25, 0.3) is 0 Å². The van der Waals surface area contributed by atoms with E-state index in [-0.39, 0.29) is 17.2 Å². The third-order valence-corrected chi connectivity index (χ3v) is 5.49. The maximum absolute atomic E-state index is 11.4. The number of rotatable bonds is 2. The Bertz CT molecular complexity index is 289. The predicted molar refractivity (Wildman–Crippen MR) is 61.9 cm³/mol. The Morgan fingerprint density at radius 2 is 2.13 bits per heavy atom. The molecule has 0 aromatic carbocycles. The van der Waals surface area contributed by atoms with Crippen LogP contribution in [0.3, 0.4) is 0 Å². The topological polar surface area (TPSA) is 29.1 Å². The average Bonchev–Trinajstić information content (AvgIpc) is 2.50. The highest BCUT2D eigenvalue weighted by Gasteiger charge is 2.61. The van der Waals surface area contributed by atoms with Crippen LogP contribution in [-0.4, -0.2) is 17.8 Å². The average molecular weight is 230 g/mol. The molecule has 2 bridgehead atoms. The van der Waals surface area contributed by atoms with E-state index in [0.29, 0.717) is 11.5 Å². The maximum Gasteiger partial charge on any atom is 0.235 e. The van der Waals surface area contributed by atoms with Gasteiger partial charge in [-0.2, -0.15) is 0 Å². The van der Waals surface area contributed by atoms with Gasteiger partial charge in [0.05, 0.1) is 0 Å². The second-order valence-electron chi connectivity index (χ2n) is 5.86. The molecular weight excluding hydrogens is 210 g/mol. The van der Waals surface area contributed by atoms with Crippen LogP contribution in [0.5, 0.6) is 0 Å². The summed E-state index contributed by atoms with van der Waals surface area (Å²) < 4.78 is 0. The molecule has 0 saturated heterocycles. The Morgan fingerprint density at radius 3 is 2.53 bits per heavy atom. The van der Waals surface area contributed by atoms with E-state index in [2.05, 4.69) is 26.1 Å². The van der Waals surface area contributed by atoms with Crippen molar-refractivity contribution in [3.05, 3.63) is 0 Å². The second-order valence-corrected chi connectivity index (χ2v) is 6.13. The number of nitrogens with one attached hydrogen (secondary N) is 1. The molecule has 0 aliphatic heterocycles. The number of hydrogen-bond donors (Lipinski definition) is 1. The van der Waals surface area contributed by atoms with Crippen molar-refractivity contribution >= 4 is 17.5 Å². The fourth-order valence-electron chi connectivity index (χ4n) is 3.65. The number of carbonyl (C=O) groups excluding carboxylic acids is 1. The minimum Gasteiger partial charge on any atom is -0.352 e. The van der Waals surface area contributed by atoms with E-state index >= 15 is 0 Å². The first kappa shape index (κ1) is 11.3. The van der Waals surface area contributed by atoms with E-state index in [1.807, 2.05) is 0 Å². The molecule has 2 aliphatic carbocycles. The van der Waals surface area contributed by atoms with E-state index < -0.39 is 0 Å². The number of hydrogen-bond acceptors (Lipinski definition) is 1. The second kappa shape index (κ2) is 3.38. The van der Waals surface area contributed by atoms with Gasteiger partial charge in [-0.15, -0.1) is 11.6 Å². The summed E-state index contributed by atoms with van der Waals surface area (Å²) >= 11 is 5.54. The molecule has 0 radical (unpaired) electrons. The molecule has 3 atom stereocenters. The van der Waals surface area contributed by atoms with Crippen LogP contribution in [0.25, 0.3) is 0 Å². The first-order valence-electron chi connectivity index (χ1n) is 5.77. The minimum atomic E-state index is -0.0220. The van der Waals surface area contributed by atoms with Gasteiger partial charge in [-0.1, -0.05) is 20.8 Å². The molecule has 0 aromatic heterocycles. The van der Waals surface area contributed by atoms with Crippen molar-refractivity contribution in [2.24, 2.45) is 16.7 Å². The molecule has 15 heavy (non-hydrogen) atoms. The van der Waals surface area contributed by atoms with Crippen LogP contribution in [-0.2, 0) is 4.79 Å². The summed E-state index contributed by atoms with van der Waals surface area (Å²) in [5.74, 6) is 0.826. The molecule has 2 fully saturated rings. The van der Waals surface area contributed by atoms with Gasteiger partial charge in [-0.05, 0) is 36.0 Å². The Labute approximate surface area is 96.8 Å². The minimum absolute atomic E-state index is 0.0220. The van der Waals surface area contributed by atoms with Crippen molar-refractivity contribution in [2.75, 3.05) is 5.88 Å². The normalized spacial score (nSPS) is 41.9. The molecule has 0 spiro atoms. The van der Waals surface area contributed by atoms with Gasteiger partial charge in [0.15, 0.2) is 0 Å².